The Balaban J connectivity index is 1.36. The molecule has 2 aliphatic rings. The molecule has 114 valence electrons. The highest BCUT2D eigenvalue weighted by Gasteiger charge is 2.51. The Hall–Kier alpha value is -1.87. The Morgan fingerprint density at radius 1 is 1.05 bits per heavy atom. The molecular weight excluding hydrogens is 272 g/mol. The Bertz CT molecular complexity index is 618. The lowest BCUT2D eigenvalue weighted by Gasteiger charge is -2.12. The van der Waals surface area contributed by atoms with Crippen molar-refractivity contribution in [3.8, 4) is 5.75 Å². The van der Waals surface area contributed by atoms with Gasteiger partial charge in [-0.15, -0.1) is 0 Å². The SMILES string of the molecule is c1ccc(COc2ccccc2CNC2[C@H]3CCC[C@@H]23)nc1. The van der Waals surface area contributed by atoms with E-state index in [1.807, 2.05) is 30.3 Å². The summed E-state index contributed by atoms with van der Waals surface area (Å²) in [6.07, 6.45) is 6.07. The lowest BCUT2D eigenvalue weighted by atomic mass is 10.2. The first-order chi connectivity index (χ1) is 10.9. The van der Waals surface area contributed by atoms with Gasteiger partial charge in [-0.25, -0.2) is 0 Å². The Labute approximate surface area is 131 Å². The number of hydrogen-bond donors (Lipinski definition) is 1. The molecule has 1 heterocycles. The molecule has 1 aromatic carbocycles. The number of nitrogens with zero attached hydrogens (tertiary/aromatic N) is 1. The fraction of sp³-hybridized carbons (Fsp3) is 0.421. The third kappa shape index (κ3) is 2.86. The van der Waals surface area contributed by atoms with E-state index in [2.05, 4.69) is 22.4 Å². The number of ether oxygens (including phenoxy) is 1. The van der Waals surface area contributed by atoms with Crippen LogP contribution in [0.4, 0.5) is 0 Å². The van der Waals surface area contributed by atoms with Gasteiger partial charge in [-0.3, -0.25) is 4.98 Å². The van der Waals surface area contributed by atoms with E-state index >= 15 is 0 Å². The number of pyridine rings is 1. The van der Waals surface area contributed by atoms with Crippen LogP contribution < -0.4 is 10.1 Å². The van der Waals surface area contributed by atoms with Crippen molar-refractivity contribution in [3.63, 3.8) is 0 Å². The van der Waals surface area contributed by atoms with E-state index in [9.17, 15) is 0 Å². The van der Waals surface area contributed by atoms with Gasteiger partial charge < -0.3 is 10.1 Å². The number of hydrogen-bond acceptors (Lipinski definition) is 3. The lowest BCUT2D eigenvalue weighted by Crippen LogP contribution is -2.20. The van der Waals surface area contributed by atoms with Crippen molar-refractivity contribution in [1.29, 1.82) is 0 Å². The van der Waals surface area contributed by atoms with Crippen molar-refractivity contribution in [2.24, 2.45) is 11.8 Å². The van der Waals surface area contributed by atoms with Crippen LogP contribution in [0.25, 0.3) is 0 Å². The zero-order chi connectivity index (χ0) is 14.8. The minimum Gasteiger partial charge on any atom is -0.487 e. The zero-order valence-corrected chi connectivity index (χ0v) is 12.7. The molecule has 1 unspecified atom stereocenters. The summed E-state index contributed by atoms with van der Waals surface area (Å²) in [6.45, 7) is 1.42. The van der Waals surface area contributed by atoms with Gasteiger partial charge in [0.25, 0.3) is 0 Å². The largest absolute Gasteiger partial charge is 0.487 e. The molecule has 22 heavy (non-hydrogen) atoms. The normalized spacial score (nSPS) is 25.7. The average Bonchev–Trinajstić information content (AvgIpc) is 3.00. The molecule has 0 aliphatic heterocycles. The van der Waals surface area contributed by atoms with Crippen LogP contribution in [0.3, 0.4) is 0 Å². The molecule has 2 saturated carbocycles. The van der Waals surface area contributed by atoms with Crippen LogP contribution in [0.5, 0.6) is 5.75 Å². The van der Waals surface area contributed by atoms with E-state index in [0.717, 1.165) is 35.9 Å². The van der Waals surface area contributed by atoms with Gasteiger partial charge in [0, 0.05) is 24.3 Å². The second-order valence-electron chi connectivity index (χ2n) is 6.38. The molecule has 3 atom stereocenters. The molecule has 1 N–H and O–H groups in total. The van der Waals surface area contributed by atoms with Gasteiger partial charge in [0.15, 0.2) is 0 Å². The van der Waals surface area contributed by atoms with E-state index in [0.29, 0.717) is 6.61 Å². The summed E-state index contributed by atoms with van der Waals surface area (Å²) in [5.41, 5.74) is 2.20. The molecule has 0 bridgehead atoms. The molecule has 0 amide bonds. The summed E-state index contributed by atoms with van der Waals surface area (Å²) in [4.78, 5) is 4.31. The standard InChI is InChI=1S/C19H22N2O/c1-2-10-18(22-13-15-7-3-4-11-20-15)14(6-1)12-21-19-16-8-5-9-17(16)19/h1-4,6-7,10-11,16-17,19,21H,5,8-9,12-13H2/t16-,17+,19?. The number of benzene rings is 1. The molecule has 2 fully saturated rings. The summed E-state index contributed by atoms with van der Waals surface area (Å²) < 4.78 is 5.97. The molecule has 1 aromatic heterocycles. The fourth-order valence-corrected chi connectivity index (χ4v) is 3.78. The Morgan fingerprint density at radius 3 is 2.68 bits per heavy atom. The first-order valence-corrected chi connectivity index (χ1v) is 8.26. The molecule has 2 aromatic rings. The van der Waals surface area contributed by atoms with Crippen molar-refractivity contribution >= 4 is 0 Å². The van der Waals surface area contributed by atoms with Crippen LogP contribution in [-0.4, -0.2) is 11.0 Å². The second kappa shape index (κ2) is 6.09. The van der Waals surface area contributed by atoms with Gasteiger partial charge in [0.2, 0.25) is 0 Å². The highest BCUT2D eigenvalue weighted by atomic mass is 16.5. The monoisotopic (exact) mass is 294 g/mol. The van der Waals surface area contributed by atoms with Crippen LogP contribution >= 0.6 is 0 Å². The van der Waals surface area contributed by atoms with Crippen LogP contribution in [0.15, 0.2) is 48.7 Å². The Morgan fingerprint density at radius 2 is 1.86 bits per heavy atom. The molecule has 2 aliphatic carbocycles. The zero-order valence-electron chi connectivity index (χ0n) is 12.7. The summed E-state index contributed by atoms with van der Waals surface area (Å²) in [5.74, 6) is 2.86. The molecule has 0 spiro atoms. The van der Waals surface area contributed by atoms with E-state index < -0.39 is 0 Å². The lowest BCUT2D eigenvalue weighted by molar-refractivity contribution is 0.297. The molecule has 3 nitrogen and oxygen atoms in total. The van der Waals surface area contributed by atoms with Gasteiger partial charge in [0.05, 0.1) is 5.69 Å². The minimum absolute atomic E-state index is 0.520. The maximum Gasteiger partial charge on any atom is 0.130 e. The highest BCUT2D eigenvalue weighted by Crippen LogP contribution is 2.52. The summed E-state index contributed by atoms with van der Waals surface area (Å²) >= 11 is 0. The molecule has 0 saturated heterocycles. The van der Waals surface area contributed by atoms with Crippen LogP contribution in [0.1, 0.15) is 30.5 Å². The predicted octanol–water partition coefficient (Wildman–Crippen LogP) is 3.55. The maximum atomic E-state index is 5.97. The first-order valence-electron chi connectivity index (χ1n) is 8.26. The van der Waals surface area contributed by atoms with E-state index in [-0.39, 0.29) is 0 Å². The second-order valence-corrected chi connectivity index (χ2v) is 6.38. The summed E-state index contributed by atoms with van der Waals surface area (Å²) in [6, 6.07) is 15.0. The molecule has 3 heteroatoms. The fourth-order valence-electron chi connectivity index (χ4n) is 3.78. The highest BCUT2D eigenvalue weighted by molar-refractivity contribution is 5.33. The van der Waals surface area contributed by atoms with Crippen molar-refractivity contribution in [3.05, 3.63) is 59.9 Å². The topological polar surface area (TPSA) is 34.1 Å². The van der Waals surface area contributed by atoms with Crippen LogP contribution in [0.2, 0.25) is 0 Å². The number of nitrogens with one attached hydrogen (secondary N) is 1. The van der Waals surface area contributed by atoms with Gasteiger partial charge >= 0.3 is 0 Å². The Kier molecular flexibility index (Phi) is 3.81. The van der Waals surface area contributed by atoms with Crippen molar-refractivity contribution in [2.45, 2.75) is 38.5 Å². The van der Waals surface area contributed by atoms with Gasteiger partial charge in [-0.05, 0) is 42.9 Å². The van der Waals surface area contributed by atoms with E-state index in [1.165, 1.54) is 24.8 Å². The maximum absolute atomic E-state index is 5.97. The quantitative estimate of drug-likeness (QED) is 0.884. The average molecular weight is 294 g/mol. The molecular formula is C19H22N2O. The number of aromatic nitrogens is 1. The van der Waals surface area contributed by atoms with Gasteiger partial charge in [-0.1, -0.05) is 30.7 Å². The van der Waals surface area contributed by atoms with Crippen LogP contribution in [-0.2, 0) is 13.2 Å². The first kappa shape index (κ1) is 13.8. The van der Waals surface area contributed by atoms with Gasteiger partial charge in [0.1, 0.15) is 12.4 Å². The third-order valence-corrected chi connectivity index (χ3v) is 5.01. The molecule has 0 radical (unpaired) electrons. The van der Waals surface area contributed by atoms with Crippen molar-refractivity contribution in [2.75, 3.05) is 0 Å². The summed E-state index contributed by atoms with van der Waals surface area (Å²) in [7, 11) is 0. The number of para-hydroxylation sites is 1. The third-order valence-electron chi connectivity index (χ3n) is 5.01. The van der Waals surface area contributed by atoms with E-state index in [1.54, 1.807) is 6.20 Å². The molecule has 4 rings (SSSR count). The van der Waals surface area contributed by atoms with Crippen molar-refractivity contribution in [1.82, 2.24) is 10.3 Å². The predicted molar refractivity (Wildman–Crippen MR) is 86.5 cm³/mol. The smallest absolute Gasteiger partial charge is 0.130 e. The van der Waals surface area contributed by atoms with Gasteiger partial charge in [-0.2, -0.15) is 0 Å². The number of fused-ring (bicyclic) bond motifs is 1. The van der Waals surface area contributed by atoms with E-state index in [4.69, 9.17) is 4.74 Å². The number of rotatable bonds is 6. The minimum atomic E-state index is 0.520. The van der Waals surface area contributed by atoms with Crippen molar-refractivity contribution < 1.29 is 4.74 Å². The summed E-state index contributed by atoms with van der Waals surface area (Å²) in [5, 5.41) is 3.72. The van der Waals surface area contributed by atoms with Crippen LogP contribution in [0, 0.1) is 11.8 Å².